The SMILES string of the molecule is O=C(Cc1ccc(F)c(F)c1)c1ccc2c(c1)CNC2. The van der Waals surface area contributed by atoms with E-state index in [1.54, 1.807) is 6.07 Å². The van der Waals surface area contributed by atoms with Gasteiger partial charge in [0.25, 0.3) is 0 Å². The van der Waals surface area contributed by atoms with Crippen molar-refractivity contribution in [3.8, 4) is 0 Å². The predicted molar refractivity (Wildman–Crippen MR) is 71.4 cm³/mol. The minimum atomic E-state index is -0.923. The van der Waals surface area contributed by atoms with Crippen LogP contribution in [0.3, 0.4) is 0 Å². The average Bonchev–Trinajstić information content (AvgIpc) is 2.90. The van der Waals surface area contributed by atoms with E-state index in [4.69, 9.17) is 0 Å². The number of ketones is 1. The topological polar surface area (TPSA) is 29.1 Å². The average molecular weight is 273 g/mol. The zero-order valence-electron chi connectivity index (χ0n) is 10.7. The van der Waals surface area contributed by atoms with Crippen molar-refractivity contribution >= 4 is 5.78 Å². The fraction of sp³-hybridized carbons (Fsp3) is 0.188. The minimum Gasteiger partial charge on any atom is -0.309 e. The first-order chi connectivity index (χ1) is 9.63. The lowest BCUT2D eigenvalue weighted by Crippen LogP contribution is -2.05. The van der Waals surface area contributed by atoms with Crippen molar-refractivity contribution in [2.24, 2.45) is 0 Å². The molecule has 2 nitrogen and oxygen atoms in total. The third-order valence-electron chi connectivity index (χ3n) is 3.51. The van der Waals surface area contributed by atoms with Crippen molar-refractivity contribution in [1.29, 1.82) is 0 Å². The van der Waals surface area contributed by atoms with Crippen LogP contribution in [0.5, 0.6) is 0 Å². The zero-order valence-corrected chi connectivity index (χ0v) is 10.7. The Kier molecular flexibility index (Phi) is 3.32. The summed E-state index contributed by atoms with van der Waals surface area (Å²) in [5, 5.41) is 3.21. The van der Waals surface area contributed by atoms with Crippen LogP contribution >= 0.6 is 0 Å². The number of halogens is 2. The number of benzene rings is 2. The number of carbonyl (C=O) groups excluding carboxylic acids is 1. The predicted octanol–water partition coefficient (Wildman–Crippen LogP) is 2.99. The first-order valence-electron chi connectivity index (χ1n) is 6.43. The maximum absolute atomic E-state index is 13.1. The highest BCUT2D eigenvalue weighted by Crippen LogP contribution is 2.19. The lowest BCUT2D eigenvalue weighted by Gasteiger charge is -2.05. The molecule has 1 N–H and O–H groups in total. The Hall–Kier alpha value is -2.07. The summed E-state index contributed by atoms with van der Waals surface area (Å²) >= 11 is 0. The molecule has 3 rings (SSSR count). The van der Waals surface area contributed by atoms with E-state index in [9.17, 15) is 13.6 Å². The van der Waals surface area contributed by atoms with Gasteiger partial charge in [-0.15, -0.1) is 0 Å². The maximum atomic E-state index is 13.1. The van der Waals surface area contributed by atoms with Crippen LogP contribution in [0.4, 0.5) is 8.78 Å². The van der Waals surface area contributed by atoms with Gasteiger partial charge in [-0.05, 0) is 34.9 Å². The molecule has 1 aliphatic heterocycles. The monoisotopic (exact) mass is 273 g/mol. The van der Waals surface area contributed by atoms with Crippen molar-refractivity contribution in [3.63, 3.8) is 0 Å². The van der Waals surface area contributed by atoms with Crippen LogP contribution in [-0.4, -0.2) is 5.78 Å². The molecule has 0 atom stereocenters. The molecule has 0 spiro atoms. The molecule has 4 heteroatoms. The van der Waals surface area contributed by atoms with E-state index in [0.717, 1.165) is 30.8 Å². The standard InChI is InChI=1S/C16H13F2NO/c17-14-4-1-10(5-15(14)18)6-16(20)11-2-3-12-8-19-9-13(12)7-11/h1-5,7,19H,6,8-9H2. The number of hydrogen-bond acceptors (Lipinski definition) is 2. The second-order valence-electron chi connectivity index (χ2n) is 4.94. The Labute approximate surface area is 115 Å². The quantitative estimate of drug-likeness (QED) is 0.871. The maximum Gasteiger partial charge on any atom is 0.167 e. The highest BCUT2D eigenvalue weighted by atomic mass is 19.2. The van der Waals surface area contributed by atoms with Gasteiger partial charge < -0.3 is 5.32 Å². The highest BCUT2D eigenvalue weighted by Gasteiger charge is 2.14. The van der Waals surface area contributed by atoms with Crippen LogP contribution in [-0.2, 0) is 19.5 Å². The second-order valence-corrected chi connectivity index (χ2v) is 4.94. The molecule has 0 saturated carbocycles. The van der Waals surface area contributed by atoms with Gasteiger partial charge in [0.1, 0.15) is 0 Å². The number of carbonyl (C=O) groups is 1. The molecular formula is C16H13F2NO. The molecule has 1 heterocycles. The van der Waals surface area contributed by atoms with Gasteiger partial charge in [0.2, 0.25) is 0 Å². The van der Waals surface area contributed by atoms with Crippen LogP contribution in [0.25, 0.3) is 0 Å². The molecule has 0 unspecified atom stereocenters. The van der Waals surface area contributed by atoms with Gasteiger partial charge in [0.15, 0.2) is 17.4 Å². The lowest BCUT2D eigenvalue weighted by atomic mass is 9.99. The number of rotatable bonds is 3. The van der Waals surface area contributed by atoms with E-state index in [1.807, 2.05) is 12.1 Å². The van der Waals surface area contributed by atoms with Gasteiger partial charge >= 0.3 is 0 Å². The van der Waals surface area contributed by atoms with Crippen molar-refractivity contribution in [2.45, 2.75) is 19.5 Å². The van der Waals surface area contributed by atoms with Crippen LogP contribution < -0.4 is 5.32 Å². The molecule has 0 amide bonds. The molecule has 102 valence electrons. The summed E-state index contributed by atoms with van der Waals surface area (Å²) in [6, 6.07) is 9.15. The first kappa shape index (κ1) is 12.9. The fourth-order valence-electron chi connectivity index (χ4n) is 2.41. The van der Waals surface area contributed by atoms with Crippen molar-refractivity contribution < 1.29 is 13.6 Å². The number of nitrogens with one attached hydrogen (secondary N) is 1. The normalized spacial score (nSPS) is 13.3. The van der Waals surface area contributed by atoms with Gasteiger partial charge in [-0.25, -0.2) is 8.78 Å². The van der Waals surface area contributed by atoms with Crippen molar-refractivity contribution in [1.82, 2.24) is 5.32 Å². The van der Waals surface area contributed by atoms with E-state index in [0.29, 0.717) is 11.1 Å². The van der Waals surface area contributed by atoms with E-state index >= 15 is 0 Å². The zero-order chi connectivity index (χ0) is 14.1. The molecule has 0 radical (unpaired) electrons. The van der Waals surface area contributed by atoms with Gasteiger partial charge in [-0.3, -0.25) is 4.79 Å². The summed E-state index contributed by atoms with van der Waals surface area (Å²) in [4.78, 5) is 12.2. The van der Waals surface area contributed by atoms with E-state index in [-0.39, 0.29) is 12.2 Å². The number of fused-ring (bicyclic) bond motifs is 1. The lowest BCUT2D eigenvalue weighted by molar-refractivity contribution is 0.0993. The Bertz CT molecular complexity index is 682. The molecule has 20 heavy (non-hydrogen) atoms. The molecule has 0 aliphatic carbocycles. The van der Waals surface area contributed by atoms with Crippen LogP contribution in [0.1, 0.15) is 27.0 Å². The summed E-state index contributed by atoms with van der Waals surface area (Å²) in [6.45, 7) is 1.59. The summed E-state index contributed by atoms with van der Waals surface area (Å²) in [6.07, 6.45) is 0.0728. The largest absolute Gasteiger partial charge is 0.309 e. The van der Waals surface area contributed by atoms with Crippen LogP contribution in [0, 0.1) is 11.6 Å². The van der Waals surface area contributed by atoms with E-state index < -0.39 is 11.6 Å². The Balaban J connectivity index is 1.80. The molecule has 0 fully saturated rings. The van der Waals surface area contributed by atoms with Gasteiger partial charge in [0, 0.05) is 25.1 Å². The highest BCUT2D eigenvalue weighted by molar-refractivity contribution is 5.97. The fourth-order valence-corrected chi connectivity index (χ4v) is 2.41. The number of Topliss-reactive ketones (excluding diaryl/α,β-unsaturated/α-hetero) is 1. The van der Waals surface area contributed by atoms with Gasteiger partial charge in [-0.2, -0.15) is 0 Å². The smallest absolute Gasteiger partial charge is 0.167 e. The summed E-state index contributed by atoms with van der Waals surface area (Å²) in [7, 11) is 0. The molecule has 0 bridgehead atoms. The molecular weight excluding hydrogens is 260 g/mol. The van der Waals surface area contributed by atoms with E-state index in [1.165, 1.54) is 11.6 Å². The molecule has 0 aromatic heterocycles. The van der Waals surface area contributed by atoms with Gasteiger partial charge in [-0.1, -0.05) is 18.2 Å². The van der Waals surface area contributed by atoms with Crippen molar-refractivity contribution in [3.05, 3.63) is 70.3 Å². The minimum absolute atomic E-state index is 0.0728. The number of hydrogen-bond donors (Lipinski definition) is 1. The molecule has 2 aromatic carbocycles. The van der Waals surface area contributed by atoms with Crippen LogP contribution in [0.15, 0.2) is 36.4 Å². The van der Waals surface area contributed by atoms with Crippen LogP contribution in [0.2, 0.25) is 0 Å². The Morgan fingerprint density at radius 3 is 2.60 bits per heavy atom. The Morgan fingerprint density at radius 2 is 1.80 bits per heavy atom. The second kappa shape index (κ2) is 5.13. The Morgan fingerprint density at radius 1 is 1.00 bits per heavy atom. The first-order valence-corrected chi connectivity index (χ1v) is 6.43. The summed E-state index contributed by atoms with van der Waals surface area (Å²) in [5.41, 5.74) is 3.42. The van der Waals surface area contributed by atoms with E-state index in [2.05, 4.69) is 5.32 Å². The third-order valence-corrected chi connectivity index (χ3v) is 3.51. The van der Waals surface area contributed by atoms with Gasteiger partial charge in [0.05, 0.1) is 0 Å². The molecule has 1 aliphatic rings. The third kappa shape index (κ3) is 2.47. The van der Waals surface area contributed by atoms with Crippen molar-refractivity contribution in [2.75, 3.05) is 0 Å². The summed E-state index contributed by atoms with van der Waals surface area (Å²) in [5.74, 6) is -1.91. The molecule has 2 aromatic rings. The summed E-state index contributed by atoms with van der Waals surface area (Å²) < 4.78 is 26.0. The molecule has 0 saturated heterocycles.